The molecule has 5 nitrogen and oxygen atoms in total. The van der Waals surface area contributed by atoms with Crippen molar-refractivity contribution in [2.24, 2.45) is 52.1 Å². The summed E-state index contributed by atoms with van der Waals surface area (Å²) in [5.74, 6) is 1.72. The predicted octanol–water partition coefficient (Wildman–Crippen LogP) is 2.85. The number of hydrogen-bond donors (Lipinski definition) is 4. The largest absolute Gasteiger partial charge is 0.393 e. The molecule has 29 heavy (non-hydrogen) atoms. The Morgan fingerprint density at radius 2 is 1.79 bits per heavy atom. The van der Waals surface area contributed by atoms with Gasteiger partial charge in [0.05, 0.1) is 18.3 Å². The molecule has 4 saturated carbocycles. The molecule has 166 valence electrons. The first kappa shape index (κ1) is 21.6. The molecule has 0 saturated heterocycles. The molecule has 4 aliphatic carbocycles. The maximum absolute atomic E-state index is 11.5. The standard InChI is InChI=1S/C24H41NO4/c1-13(4-7-21(25)29)16-5-6-17-22-18(12-20(28)24(16,17)3)23(2)9-8-15(26)10-14(23)11-19(22)27/h13-20,22,26-28H,4-12H2,1-3H3,(H2,25,29)/t13?,14?,15-,16?,17?,18?,19-,20+,22?,23+,24-/m1/s1. The van der Waals surface area contributed by atoms with Gasteiger partial charge >= 0.3 is 0 Å². The van der Waals surface area contributed by atoms with Gasteiger partial charge in [0, 0.05) is 6.42 Å². The minimum Gasteiger partial charge on any atom is -0.393 e. The van der Waals surface area contributed by atoms with Crippen molar-refractivity contribution in [3.63, 3.8) is 0 Å². The summed E-state index contributed by atoms with van der Waals surface area (Å²) in [5, 5.41) is 33.0. The average molecular weight is 408 g/mol. The van der Waals surface area contributed by atoms with Gasteiger partial charge in [-0.3, -0.25) is 4.79 Å². The van der Waals surface area contributed by atoms with Crippen LogP contribution in [-0.2, 0) is 4.79 Å². The summed E-state index contributed by atoms with van der Waals surface area (Å²) in [6.07, 6.45) is 6.56. The van der Waals surface area contributed by atoms with Gasteiger partial charge in [-0.05, 0) is 97.7 Å². The van der Waals surface area contributed by atoms with Gasteiger partial charge in [0.1, 0.15) is 0 Å². The van der Waals surface area contributed by atoms with Crippen molar-refractivity contribution < 1.29 is 20.1 Å². The molecule has 0 aromatic carbocycles. The second kappa shape index (κ2) is 7.49. The zero-order valence-electron chi connectivity index (χ0n) is 18.4. The Kier molecular flexibility index (Phi) is 5.57. The Morgan fingerprint density at radius 1 is 1.07 bits per heavy atom. The molecule has 0 aliphatic heterocycles. The third kappa shape index (κ3) is 3.27. The highest BCUT2D eigenvalue weighted by atomic mass is 16.3. The highest BCUT2D eigenvalue weighted by molar-refractivity contribution is 5.73. The molecule has 6 unspecified atom stereocenters. The van der Waals surface area contributed by atoms with Crippen molar-refractivity contribution >= 4 is 5.91 Å². The lowest BCUT2D eigenvalue weighted by Crippen LogP contribution is -2.62. The molecule has 5 N–H and O–H groups in total. The number of aliphatic hydroxyl groups excluding tert-OH is 3. The van der Waals surface area contributed by atoms with Crippen LogP contribution in [0.25, 0.3) is 0 Å². The Balaban J connectivity index is 1.61. The van der Waals surface area contributed by atoms with Crippen molar-refractivity contribution in [2.75, 3.05) is 0 Å². The predicted molar refractivity (Wildman–Crippen MR) is 112 cm³/mol. The van der Waals surface area contributed by atoms with E-state index in [4.69, 9.17) is 5.73 Å². The lowest BCUT2D eigenvalue weighted by molar-refractivity contribution is -0.207. The van der Waals surface area contributed by atoms with Crippen LogP contribution in [0.4, 0.5) is 0 Å². The molecule has 0 bridgehead atoms. The second-order valence-corrected chi connectivity index (χ2v) is 11.5. The summed E-state index contributed by atoms with van der Waals surface area (Å²) >= 11 is 0. The maximum atomic E-state index is 11.5. The molecule has 5 heteroatoms. The minimum absolute atomic E-state index is 0.112. The van der Waals surface area contributed by atoms with Gasteiger partial charge in [-0.15, -0.1) is 0 Å². The molecular formula is C24H41NO4. The molecule has 4 aliphatic rings. The van der Waals surface area contributed by atoms with Crippen LogP contribution in [0.3, 0.4) is 0 Å². The molecule has 0 radical (unpaired) electrons. The second-order valence-electron chi connectivity index (χ2n) is 11.5. The number of nitrogens with two attached hydrogens (primary N) is 1. The number of aliphatic hydroxyl groups is 3. The van der Waals surface area contributed by atoms with E-state index in [0.29, 0.717) is 36.0 Å². The van der Waals surface area contributed by atoms with Crippen LogP contribution in [0, 0.1) is 46.3 Å². The van der Waals surface area contributed by atoms with E-state index < -0.39 is 0 Å². The summed E-state index contributed by atoms with van der Waals surface area (Å²) in [5.41, 5.74) is 5.30. The number of fused-ring (bicyclic) bond motifs is 5. The number of amides is 1. The zero-order chi connectivity index (χ0) is 21.1. The number of hydrogen-bond acceptors (Lipinski definition) is 4. The van der Waals surface area contributed by atoms with E-state index in [9.17, 15) is 20.1 Å². The Labute approximate surface area is 175 Å². The van der Waals surface area contributed by atoms with Crippen LogP contribution < -0.4 is 5.73 Å². The molecule has 11 atom stereocenters. The normalized spacial score (nSPS) is 52.9. The molecule has 4 fully saturated rings. The van der Waals surface area contributed by atoms with E-state index in [0.717, 1.165) is 51.4 Å². The molecule has 0 aromatic rings. The first-order valence-electron chi connectivity index (χ1n) is 11.9. The van der Waals surface area contributed by atoms with Crippen LogP contribution in [0.2, 0.25) is 0 Å². The van der Waals surface area contributed by atoms with Gasteiger partial charge in [0.2, 0.25) is 5.91 Å². The van der Waals surface area contributed by atoms with E-state index in [1.54, 1.807) is 0 Å². The first-order chi connectivity index (χ1) is 13.6. The molecule has 0 spiro atoms. The number of carbonyl (C=O) groups excluding carboxylic acids is 1. The lowest BCUT2D eigenvalue weighted by atomic mass is 9.43. The third-order valence-electron chi connectivity index (χ3n) is 10.4. The van der Waals surface area contributed by atoms with Gasteiger partial charge in [-0.2, -0.15) is 0 Å². The minimum atomic E-state index is -0.369. The average Bonchev–Trinajstić information content (AvgIpc) is 3.01. The fourth-order valence-electron chi connectivity index (χ4n) is 8.70. The van der Waals surface area contributed by atoms with E-state index in [-0.39, 0.29) is 41.0 Å². The zero-order valence-corrected chi connectivity index (χ0v) is 18.4. The van der Waals surface area contributed by atoms with E-state index >= 15 is 0 Å². The summed E-state index contributed by atoms with van der Waals surface area (Å²) in [4.78, 5) is 11.3. The lowest BCUT2D eigenvalue weighted by Gasteiger charge is -2.63. The van der Waals surface area contributed by atoms with Gasteiger partial charge in [0.25, 0.3) is 0 Å². The number of carbonyl (C=O) groups is 1. The van der Waals surface area contributed by atoms with Crippen LogP contribution >= 0.6 is 0 Å². The molecule has 0 aromatic heterocycles. The molecular weight excluding hydrogens is 366 g/mol. The van der Waals surface area contributed by atoms with Crippen LogP contribution in [0.5, 0.6) is 0 Å². The Bertz CT molecular complexity index is 640. The highest BCUT2D eigenvalue weighted by Crippen LogP contribution is 2.68. The fraction of sp³-hybridized carbons (Fsp3) is 0.958. The van der Waals surface area contributed by atoms with Gasteiger partial charge in [-0.1, -0.05) is 20.8 Å². The topological polar surface area (TPSA) is 104 Å². The van der Waals surface area contributed by atoms with Crippen molar-refractivity contribution in [3.8, 4) is 0 Å². The highest BCUT2D eigenvalue weighted by Gasteiger charge is 2.65. The molecule has 0 heterocycles. The van der Waals surface area contributed by atoms with Crippen LogP contribution in [0.1, 0.15) is 78.6 Å². The Hall–Kier alpha value is -0.650. The first-order valence-corrected chi connectivity index (χ1v) is 11.9. The fourth-order valence-corrected chi connectivity index (χ4v) is 8.70. The van der Waals surface area contributed by atoms with Gasteiger partial charge < -0.3 is 21.1 Å². The summed E-state index contributed by atoms with van der Waals surface area (Å²) in [6.45, 7) is 6.82. The monoisotopic (exact) mass is 407 g/mol. The van der Waals surface area contributed by atoms with E-state index in [1.165, 1.54) is 0 Å². The van der Waals surface area contributed by atoms with Gasteiger partial charge in [0.15, 0.2) is 0 Å². The Morgan fingerprint density at radius 3 is 2.48 bits per heavy atom. The molecule has 4 rings (SSSR count). The third-order valence-corrected chi connectivity index (χ3v) is 10.4. The van der Waals surface area contributed by atoms with Crippen molar-refractivity contribution in [1.82, 2.24) is 0 Å². The van der Waals surface area contributed by atoms with Crippen LogP contribution in [-0.4, -0.2) is 39.5 Å². The summed E-state index contributed by atoms with van der Waals surface area (Å²) in [6, 6.07) is 0. The summed E-state index contributed by atoms with van der Waals surface area (Å²) < 4.78 is 0. The van der Waals surface area contributed by atoms with Crippen molar-refractivity contribution in [2.45, 2.75) is 96.9 Å². The number of primary amides is 1. The van der Waals surface area contributed by atoms with Gasteiger partial charge in [-0.25, -0.2) is 0 Å². The van der Waals surface area contributed by atoms with Crippen LogP contribution in [0.15, 0.2) is 0 Å². The maximum Gasteiger partial charge on any atom is 0.217 e. The molecule has 1 amide bonds. The quantitative estimate of drug-likeness (QED) is 0.575. The van der Waals surface area contributed by atoms with E-state index in [2.05, 4.69) is 20.8 Å². The number of rotatable bonds is 4. The SMILES string of the molecule is CC(CCC(N)=O)C1CCC2C3C(C[C@H](O)[C@]12C)[C@@]1(C)CC[C@@H](O)CC1C[C@H]3O. The van der Waals surface area contributed by atoms with E-state index in [1.807, 2.05) is 0 Å². The van der Waals surface area contributed by atoms with Crippen molar-refractivity contribution in [3.05, 3.63) is 0 Å². The smallest absolute Gasteiger partial charge is 0.217 e. The van der Waals surface area contributed by atoms with Crippen molar-refractivity contribution in [1.29, 1.82) is 0 Å². The summed E-state index contributed by atoms with van der Waals surface area (Å²) in [7, 11) is 0.